The first-order chi connectivity index (χ1) is 26.2. The molecule has 0 bridgehead atoms. The summed E-state index contributed by atoms with van der Waals surface area (Å²) in [5.74, 6) is -4.49. The van der Waals surface area contributed by atoms with Gasteiger partial charge in [-0.15, -0.1) is 0 Å². The SMILES string of the molecule is CC(C)C[C@H](NC(=O)CNC(=O)OCC1c2ccccc2-c2ccccc21)C(=O)N[C@H](C(=O)N[C@@H](CCCNC(=N)N)C(=O)N1CCC[C@H]1C(=O)O)C(C)C. The van der Waals surface area contributed by atoms with Crippen LogP contribution in [-0.2, 0) is 28.7 Å². The molecule has 9 N–H and O–H groups in total. The van der Waals surface area contributed by atoms with Gasteiger partial charge >= 0.3 is 12.1 Å². The van der Waals surface area contributed by atoms with Crippen LogP contribution in [0.1, 0.15) is 76.8 Å². The van der Waals surface area contributed by atoms with Gasteiger partial charge in [0.1, 0.15) is 37.3 Å². The number of amides is 5. The Hall–Kier alpha value is -5.67. The molecule has 0 spiro atoms. The van der Waals surface area contributed by atoms with Crippen molar-refractivity contribution in [3.63, 3.8) is 0 Å². The second-order valence-electron chi connectivity index (χ2n) is 14.7. The number of hydrogen-bond acceptors (Lipinski definition) is 8. The first-order valence-corrected chi connectivity index (χ1v) is 18.8. The lowest BCUT2D eigenvalue weighted by Gasteiger charge is -2.30. The molecular formula is C39H54N8O8. The Morgan fingerprint density at radius 3 is 2.11 bits per heavy atom. The topological polar surface area (TPSA) is 245 Å². The molecule has 1 aliphatic heterocycles. The molecule has 2 aliphatic rings. The predicted octanol–water partition coefficient (Wildman–Crippen LogP) is 2.02. The zero-order valence-electron chi connectivity index (χ0n) is 31.9. The molecule has 1 aliphatic carbocycles. The molecule has 0 radical (unpaired) electrons. The molecule has 4 atom stereocenters. The van der Waals surface area contributed by atoms with Gasteiger partial charge in [-0.05, 0) is 66.2 Å². The fourth-order valence-electron chi connectivity index (χ4n) is 7.07. The van der Waals surface area contributed by atoms with Crippen molar-refractivity contribution in [3.8, 4) is 11.1 Å². The highest BCUT2D eigenvalue weighted by Crippen LogP contribution is 2.44. The molecule has 2 aromatic rings. The summed E-state index contributed by atoms with van der Waals surface area (Å²) in [6.07, 6.45) is 0.683. The molecule has 4 rings (SSSR count). The van der Waals surface area contributed by atoms with Crippen LogP contribution in [0.5, 0.6) is 0 Å². The number of carboxylic acids is 1. The van der Waals surface area contributed by atoms with Crippen LogP contribution >= 0.6 is 0 Å². The number of nitrogens with zero attached hydrogens (tertiary/aromatic N) is 1. The Kier molecular flexibility index (Phi) is 15.0. The smallest absolute Gasteiger partial charge is 0.407 e. The number of fused-ring (bicyclic) bond motifs is 3. The minimum atomic E-state index is -1.13. The lowest BCUT2D eigenvalue weighted by molar-refractivity contribution is -0.149. The van der Waals surface area contributed by atoms with Crippen LogP contribution in [0, 0.1) is 17.2 Å². The van der Waals surface area contributed by atoms with E-state index in [4.69, 9.17) is 15.9 Å². The van der Waals surface area contributed by atoms with E-state index in [0.29, 0.717) is 19.3 Å². The lowest BCUT2D eigenvalue weighted by atomic mass is 9.98. The van der Waals surface area contributed by atoms with Gasteiger partial charge in [0, 0.05) is 19.0 Å². The maximum Gasteiger partial charge on any atom is 0.407 e. The Labute approximate surface area is 321 Å². The molecule has 298 valence electrons. The number of carbonyl (C=O) groups excluding carboxylic acids is 5. The van der Waals surface area contributed by atoms with Gasteiger partial charge in [0.25, 0.3) is 0 Å². The molecule has 2 aromatic carbocycles. The van der Waals surface area contributed by atoms with E-state index < -0.39 is 72.3 Å². The third kappa shape index (κ3) is 11.4. The van der Waals surface area contributed by atoms with Gasteiger partial charge < -0.3 is 47.1 Å². The van der Waals surface area contributed by atoms with Gasteiger partial charge in [0.05, 0.1) is 0 Å². The fraction of sp³-hybridized carbons (Fsp3) is 0.513. The molecule has 55 heavy (non-hydrogen) atoms. The highest BCUT2D eigenvalue weighted by atomic mass is 16.5. The fourth-order valence-corrected chi connectivity index (χ4v) is 7.07. The number of rotatable bonds is 18. The van der Waals surface area contributed by atoms with E-state index in [-0.39, 0.29) is 50.3 Å². The molecule has 5 amide bonds. The Morgan fingerprint density at radius 1 is 0.891 bits per heavy atom. The summed E-state index contributed by atoms with van der Waals surface area (Å²) in [6, 6.07) is 11.6. The van der Waals surface area contributed by atoms with Crippen molar-refractivity contribution in [1.82, 2.24) is 31.5 Å². The molecule has 1 fully saturated rings. The summed E-state index contributed by atoms with van der Waals surface area (Å²) in [4.78, 5) is 79.7. The maximum absolute atomic E-state index is 13.7. The quantitative estimate of drug-likeness (QED) is 0.0624. The first-order valence-electron chi connectivity index (χ1n) is 18.8. The number of nitrogens with two attached hydrogens (primary N) is 1. The minimum absolute atomic E-state index is 0.0364. The summed E-state index contributed by atoms with van der Waals surface area (Å²) in [5.41, 5.74) is 9.63. The van der Waals surface area contributed by atoms with Crippen LogP contribution in [0.3, 0.4) is 0 Å². The van der Waals surface area contributed by atoms with Gasteiger partial charge in [-0.1, -0.05) is 76.2 Å². The van der Waals surface area contributed by atoms with E-state index in [2.05, 4.69) is 26.6 Å². The van der Waals surface area contributed by atoms with Crippen molar-refractivity contribution in [1.29, 1.82) is 5.41 Å². The van der Waals surface area contributed by atoms with Crippen molar-refractivity contribution in [3.05, 3.63) is 59.7 Å². The number of nitrogens with one attached hydrogen (secondary N) is 6. The number of carboxylic acid groups (broad SMARTS) is 1. The lowest BCUT2D eigenvalue weighted by Crippen LogP contribution is -2.59. The molecule has 0 saturated carbocycles. The zero-order valence-corrected chi connectivity index (χ0v) is 31.9. The summed E-state index contributed by atoms with van der Waals surface area (Å²) in [5, 5.41) is 30.2. The average molecular weight is 763 g/mol. The summed E-state index contributed by atoms with van der Waals surface area (Å²) in [7, 11) is 0. The molecular weight excluding hydrogens is 708 g/mol. The molecule has 16 heteroatoms. The second kappa shape index (κ2) is 19.6. The monoisotopic (exact) mass is 762 g/mol. The number of hydrogen-bond donors (Lipinski definition) is 8. The van der Waals surface area contributed by atoms with Gasteiger partial charge in [0.15, 0.2) is 5.96 Å². The van der Waals surface area contributed by atoms with Crippen molar-refractivity contribution >= 4 is 41.7 Å². The van der Waals surface area contributed by atoms with Gasteiger partial charge in [0.2, 0.25) is 23.6 Å². The minimum Gasteiger partial charge on any atom is -0.480 e. The number of aliphatic carboxylic acids is 1. The normalized spacial score (nSPS) is 16.3. The largest absolute Gasteiger partial charge is 0.480 e. The van der Waals surface area contributed by atoms with Crippen molar-refractivity contribution in [2.75, 3.05) is 26.2 Å². The molecule has 0 aromatic heterocycles. The molecule has 1 heterocycles. The van der Waals surface area contributed by atoms with Gasteiger partial charge in [-0.2, -0.15) is 0 Å². The van der Waals surface area contributed by atoms with Crippen molar-refractivity contribution < 1.29 is 38.6 Å². The summed E-state index contributed by atoms with van der Waals surface area (Å²) < 4.78 is 5.52. The highest BCUT2D eigenvalue weighted by Gasteiger charge is 2.39. The average Bonchev–Trinajstić information content (AvgIpc) is 3.76. The van der Waals surface area contributed by atoms with E-state index in [0.717, 1.165) is 22.3 Å². The van der Waals surface area contributed by atoms with Crippen LogP contribution in [0.15, 0.2) is 48.5 Å². The van der Waals surface area contributed by atoms with Crippen LogP contribution in [0.2, 0.25) is 0 Å². The molecule has 0 unspecified atom stereocenters. The number of ether oxygens (including phenoxy) is 1. The maximum atomic E-state index is 13.7. The highest BCUT2D eigenvalue weighted by molar-refractivity contribution is 5.95. The van der Waals surface area contributed by atoms with Crippen LogP contribution < -0.4 is 32.3 Å². The van der Waals surface area contributed by atoms with Crippen LogP contribution in [-0.4, -0.2) is 102 Å². The Bertz CT molecular complexity index is 1690. The van der Waals surface area contributed by atoms with Crippen LogP contribution in [0.25, 0.3) is 11.1 Å². The van der Waals surface area contributed by atoms with E-state index in [1.54, 1.807) is 13.8 Å². The summed E-state index contributed by atoms with van der Waals surface area (Å²) >= 11 is 0. The number of likely N-dealkylation sites (tertiary alicyclic amines) is 1. The third-order valence-electron chi connectivity index (χ3n) is 9.76. The standard InChI is InChI=1S/C39H54N8O8/c1-22(2)19-30(44-32(48)20-43-39(54)55-21-28-26-13-7-5-11-24(26)25-12-6-8-14-27(25)28)34(49)46-33(23(3)4)35(50)45-29(15-9-17-42-38(40)41)36(51)47-18-10-16-31(47)37(52)53/h5-8,11-14,22-23,28-31,33H,9-10,15-21H2,1-4H3,(H,43,54)(H,44,48)(H,45,50)(H,46,49)(H,52,53)(H4,40,41,42)/t29-,30-,31-,33-/m0/s1. The van der Waals surface area contributed by atoms with E-state index in [9.17, 15) is 33.9 Å². The first kappa shape index (κ1) is 42.1. The predicted molar refractivity (Wildman–Crippen MR) is 205 cm³/mol. The zero-order chi connectivity index (χ0) is 40.2. The van der Waals surface area contributed by atoms with Gasteiger partial charge in [-0.3, -0.25) is 24.6 Å². The van der Waals surface area contributed by atoms with E-state index >= 15 is 0 Å². The number of guanidine groups is 1. The Balaban J connectivity index is 1.35. The molecule has 16 nitrogen and oxygen atoms in total. The summed E-state index contributed by atoms with van der Waals surface area (Å²) in [6.45, 7) is 7.25. The number of benzene rings is 2. The number of alkyl carbamates (subject to hydrolysis) is 1. The third-order valence-corrected chi connectivity index (χ3v) is 9.76. The molecule has 1 saturated heterocycles. The van der Waals surface area contributed by atoms with Gasteiger partial charge in [-0.25, -0.2) is 9.59 Å². The van der Waals surface area contributed by atoms with E-state index in [1.165, 1.54) is 4.90 Å². The Morgan fingerprint density at radius 2 is 1.53 bits per heavy atom. The van der Waals surface area contributed by atoms with E-state index in [1.807, 2.05) is 62.4 Å². The second-order valence-corrected chi connectivity index (χ2v) is 14.7. The van der Waals surface area contributed by atoms with Crippen LogP contribution in [0.4, 0.5) is 4.79 Å². The van der Waals surface area contributed by atoms with Crippen molar-refractivity contribution in [2.24, 2.45) is 17.6 Å². The van der Waals surface area contributed by atoms with Crippen molar-refractivity contribution in [2.45, 2.75) is 89.9 Å². The number of carbonyl (C=O) groups is 6.